The Labute approximate surface area is 86.2 Å². The molecule has 0 saturated heterocycles. The van der Waals surface area contributed by atoms with Gasteiger partial charge in [-0.2, -0.15) is 0 Å². The lowest BCUT2D eigenvalue weighted by atomic mass is 10.3. The van der Waals surface area contributed by atoms with Gasteiger partial charge in [0, 0.05) is 10.5 Å². The predicted molar refractivity (Wildman–Crippen MR) is 63.6 cm³/mol. The zero-order chi connectivity index (χ0) is 10.8. The summed E-state index contributed by atoms with van der Waals surface area (Å²) in [6, 6.07) is 9.58. The van der Waals surface area contributed by atoms with Crippen molar-refractivity contribution in [2.45, 2.75) is 25.9 Å². The van der Waals surface area contributed by atoms with Crippen molar-refractivity contribution in [1.82, 2.24) is 0 Å². The Hall–Kier alpha value is -0.810. The summed E-state index contributed by atoms with van der Waals surface area (Å²) in [6.07, 6.45) is 0. The maximum Gasteiger partial charge on any atom is 0.140 e. The molecule has 1 aromatic rings. The highest BCUT2D eigenvalue weighted by Gasteiger charge is 2.34. The molecule has 0 aliphatic rings. The van der Waals surface area contributed by atoms with E-state index in [4.69, 9.17) is 0 Å². The second-order valence-corrected chi connectivity index (χ2v) is 7.89. The molecule has 0 aliphatic heterocycles. The van der Waals surface area contributed by atoms with E-state index in [-0.39, 0.29) is 5.16 Å². The first-order valence-corrected chi connectivity index (χ1v) is 6.48. The summed E-state index contributed by atoms with van der Waals surface area (Å²) in [6.45, 7) is 9.68. The van der Waals surface area contributed by atoms with Gasteiger partial charge in [0.1, 0.15) is 7.14 Å². The van der Waals surface area contributed by atoms with E-state index in [1.807, 2.05) is 51.1 Å². The Morgan fingerprint density at radius 3 is 2.07 bits per heavy atom. The molecule has 0 N–H and O–H groups in total. The summed E-state index contributed by atoms with van der Waals surface area (Å²) >= 11 is 0. The molecular formula is C12H17OP. The lowest BCUT2D eigenvalue weighted by molar-refractivity contribution is 0.563. The van der Waals surface area contributed by atoms with Gasteiger partial charge in [0.05, 0.1) is 0 Å². The normalized spacial score (nSPS) is 15.9. The summed E-state index contributed by atoms with van der Waals surface area (Å²) in [5.74, 6) is 1.61. The van der Waals surface area contributed by atoms with Crippen molar-refractivity contribution in [3.05, 3.63) is 42.7 Å². The summed E-state index contributed by atoms with van der Waals surface area (Å²) in [7, 11) is -2.47. The van der Waals surface area contributed by atoms with Gasteiger partial charge in [-0.3, -0.25) is 0 Å². The van der Waals surface area contributed by atoms with E-state index in [2.05, 4.69) is 6.58 Å². The van der Waals surface area contributed by atoms with Crippen LogP contribution in [0, 0.1) is 0 Å². The van der Waals surface area contributed by atoms with Crippen LogP contribution in [0.25, 0.3) is 0 Å². The SMILES string of the molecule is C=CP(=O)(c1ccccc1)C(C)(C)C. The minimum absolute atomic E-state index is 0.254. The topological polar surface area (TPSA) is 17.1 Å². The van der Waals surface area contributed by atoms with Gasteiger partial charge in [-0.25, -0.2) is 0 Å². The van der Waals surface area contributed by atoms with Crippen LogP contribution < -0.4 is 5.30 Å². The molecule has 0 radical (unpaired) electrons. The van der Waals surface area contributed by atoms with Gasteiger partial charge in [-0.15, -0.1) is 0 Å². The summed E-state index contributed by atoms with van der Waals surface area (Å²) < 4.78 is 12.7. The standard InChI is InChI=1S/C12H17OP/c1-5-14(13,12(2,3)4)11-9-7-6-8-10-11/h5-10H,1H2,2-4H3. The van der Waals surface area contributed by atoms with E-state index < -0.39 is 7.14 Å². The Morgan fingerprint density at radius 1 is 1.21 bits per heavy atom. The molecule has 0 aromatic heterocycles. The Morgan fingerprint density at radius 2 is 1.71 bits per heavy atom. The van der Waals surface area contributed by atoms with Gasteiger partial charge in [-0.1, -0.05) is 57.7 Å². The van der Waals surface area contributed by atoms with Crippen LogP contribution in [0.4, 0.5) is 0 Å². The largest absolute Gasteiger partial charge is 0.314 e. The molecule has 0 bridgehead atoms. The molecule has 0 saturated carbocycles. The van der Waals surface area contributed by atoms with E-state index >= 15 is 0 Å². The van der Waals surface area contributed by atoms with Crippen molar-refractivity contribution in [2.75, 3.05) is 0 Å². The molecule has 1 nitrogen and oxygen atoms in total. The van der Waals surface area contributed by atoms with Crippen LogP contribution in [-0.2, 0) is 4.57 Å². The fourth-order valence-corrected chi connectivity index (χ4v) is 3.56. The smallest absolute Gasteiger partial charge is 0.140 e. The lowest BCUT2D eigenvalue weighted by Crippen LogP contribution is -2.21. The van der Waals surface area contributed by atoms with Crippen LogP contribution in [0.2, 0.25) is 0 Å². The van der Waals surface area contributed by atoms with Crippen LogP contribution in [0.15, 0.2) is 42.7 Å². The first kappa shape index (κ1) is 11.3. The van der Waals surface area contributed by atoms with Crippen molar-refractivity contribution < 1.29 is 4.57 Å². The Kier molecular flexibility index (Phi) is 3.01. The number of hydrogen-bond donors (Lipinski definition) is 0. The summed E-state index contributed by atoms with van der Waals surface area (Å²) in [5.41, 5.74) is 0. The van der Waals surface area contributed by atoms with Gasteiger partial charge in [0.2, 0.25) is 0 Å². The minimum atomic E-state index is -2.47. The second-order valence-electron chi connectivity index (χ2n) is 4.35. The summed E-state index contributed by atoms with van der Waals surface area (Å²) in [5, 5.41) is 0.637. The van der Waals surface area contributed by atoms with Gasteiger partial charge < -0.3 is 4.57 Å². The fraction of sp³-hybridized carbons (Fsp3) is 0.333. The molecule has 0 spiro atoms. The highest BCUT2D eigenvalue weighted by molar-refractivity contribution is 7.75. The average molecular weight is 208 g/mol. The zero-order valence-electron chi connectivity index (χ0n) is 9.03. The van der Waals surface area contributed by atoms with Crippen molar-refractivity contribution in [3.63, 3.8) is 0 Å². The average Bonchev–Trinajstić information content (AvgIpc) is 2.16. The molecule has 76 valence electrons. The van der Waals surface area contributed by atoms with Crippen LogP contribution >= 0.6 is 7.14 Å². The van der Waals surface area contributed by atoms with E-state index in [1.54, 1.807) is 5.82 Å². The number of benzene rings is 1. The van der Waals surface area contributed by atoms with E-state index in [1.165, 1.54) is 0 Å². The molecule has 2 heteroatoms. The van der Waals surface area contributed by atoms with E-state index in [0.717, 1.165) is 5.30 Å². The third kappa shape index (κ3) is 1.83. The second kappa shape index (κ2) is 3.74. The van der Waals surface area contributed by atoms with Crippen LogP contribution in [0.1, 0.15) is 20.8 Å². The third-order valence-corrected chi connectivity index (χ3v) is 5.97. The van der Waals surface area contributed by atoms with Gasteiger partial charge in [0.25, 0.3) is 0 Å². The first-order valence-electron chi connectivity index (χ1n) is 4.71. The molecule has 0 fully saturated rings. The highest BCUT2D eigenvalue weighted by atomic mass is 31.2. The maximum absolute atomic E-state index is 12.7. The van der Waals surface area contributed by atoms with Crippen LogP contribution in [-0.4, -0.2) is 5.16 Å². The molecule has 0 heterocycles. The van der Waals surface area contributed by atoms with Crippen molar-refractivity contribution in [2.24, 2.45) is 0 Å². The molecule has 0 aliphatic carbocycles. The maximum atomic E-state index is 12.7. The monoisotopic (exact) mass is 208 g/mol. The lowest BCUT2D eigenvalue weighted by Gasteiger charge is -2.28. The molecular weight excluding hydrogens is 191 g/mol. The molecule has 1 aromatic carbocycles. The molecule has 1 atom stereocenters. The zero-order valence-corrected chi connectivity index (χ0v) is 9.92. The molecule has 1 unspecified atom stereocenters. The molecule has 0 amide bonds. The van der Waals surface area contributed by atoms with Crippen LogP contribution in [0.5, 0.6) is 0 Å². The van der Waals surface area contributed by atoms with Crippen molar-refractivity contribution >= 4 is 12.4 Å². The quantitative estimate of drug-likeness (QED) is 0.678. The van der Waals surface area contributed by atoms with Gasteiger partial charge in [0.15, 0.2) is 0 Å². The van der Waals surface area contributed by atoms with Gasteiger partial charge in [-0.05, 0) is 5.82 Å². The minimum Gasteiger partial charge on any atom is -0.314 e. The van der Waals surface area contributed by atoms with Gasteiger partial charge >= 0.3 is 0 Å². The number of rotatable bonds is 2. The molecule has 14 heavy (non-hydrogen) atoms. The van der Waals surface area contributed by atoms with Crippen LogP contribution in [0.3, 0.4) is 0 Å². The van der Waals surface area contributed by atoms with Crippen molar-refractivity contribution in [1.29, 1.82) is 0 Å². The van der Waals surface area contributed by atoms with E-state index in [9.17, 15) is 4.57 Å². The molecule has 1 rings (SSSR count). The fourth-order valence-electron chi connectivity index (χ4n) is 1.42. The Balaban J connectivity index is 3.30. The third-order valence-electron chi connectivity index (χ3n) is 2.39. The Bertz CT molecular complexity index is 360. The summed E-state index contributed by atoms with van der Waals surface area (Å²) in [4.78, 5) is 0. The predicted octanol–water partition coefficient (Wildman–Crippen LogP) is 3.62. The number of hydrogen-bond acceptors (Lipinski definition) is 1. The van der Waals surface area contributed by atoms with Crippen molar-refractivity contribution in [3.8, 4) is 0 Å². The van der Waals surface area contributed by atoms with E-state index in [0.29, 0.717) is 0 Å². The highest BCUT2D eigenvalue weighted by Crippen LogP contribution is 2.57. The first-order chi connectivity index (χ1) is 6.42.